The fraction of sp³-hybridized carbons (Fsp3) is 0.625. The van der Waals surface area contributed by atoms with E-state index in [-0.39, 0.29) is 17.4 Å². The zero-order chi connectivity index (χ0) is 16.7. The van der Waals surface area contributed by atoms with E-state index in [0.717, 1.165) is 24.4 Å². The summed E-state index contributed by atoms with van der Waals surface area (Å²) in [7, 11) is -3.53. The van der Waals surface area contributed by atoms with Gasteiger partial charge in [0.2, 0.25) is 0 Å². The molecule has 0 aromatic heterocycles. The Morgan fingerprint density at radius 2 is 2.00 bits per heavy atom. The molecule has 1 fully saturated rings. The number of fused-ring (bicyclic) bond motifs is 1. The second-order valence-electron chi connectivity index (χ2n) is 6.43. The highest BCUT2D eigenvalue weighted by Gasteiger charge is 2.45. The maximum absolute atomic E-state index is 11.7. The first-order valence-electron chi connectivity index (χ1n) is 7.88. The van der Waals surface area contributed by atoms with Crippen molar-refractivity contribution in [2.45, 2.75) is 32.4 Å². The molecule has 2 aliphatic heterocycles. The standard InChI is InChI=1S/C16H23NO5S/c1-4-23(18,19)22-12-5-6-14-13(11-12)16(2,3)15(21-14)17-7-9-20-10-8-17/h5-6,11,15H,4,7-10H2,1-3H3. The molecule has 1 atom stereocenters. The molecule has 2 heterocycles. The van der Waals surface area contributed by atoms with Crippen LogP contribution in [-0.2, 0) is 20.3 Å². The minimum absolute atomic E-state index is 0.0552. The normalized spacial score (nSPS) is 24.0. The van der Waals surface area contributed by atoms with E-state index in [1.165, 1.54) is 0 Å². The van der Waals surface area contributed by atoms with E-state index < -0.39 is 10.1 Å². The number of hydrogen-bond donors (Lipinski definition) is 0. The summed E-state index contributed by atoms with van der Waals surface area (Å²) in [6, 6.07) is 5.21. The van der Waals surface area contributed by atoms with Gasteiger partial charge in [0, 0.05) is 24.1 Å². The predicted molar refractivity (Wildman–Crippen MR) is 86.4 cm³/mol. The zero-order valence-electron chi connectivity index (χ0n) is 13.7. The van der Waals surface area contributed by atoms with Gasteiger partial charge in [-0.05, 0) is 25.1 Å². The van der Waals surface area contributed by atoms with Gasteiger partial charge in [-0.3, -0.25) is 4.90 Å². The summed E-state index contributed by atoms with van der Waals surface area (Å²) in [5, 5.41) is 0. The average Bonchev–Trinajstić information content (AvgIpc) is 2.79. The van der Waals surface area contributed by atoms with Crippen LogP contribution in [0, 0.1) is 0 Å². The van der Waals surface area contributed by atoms with Gasteiger partial charge in [-0.1, -0.05) is 13.8 Å². The van der Waals surface area contributed by atoms with Crippen molar-refractivity contribution >= 4 is 10.1 Å². The van der Waals surface area contributed by atoms with Crippen molar-refractivity contribution in [3.05, 3.63) is 23.8 Å². The maximum Gasteiger partial charge on any atom is 0.308 e. The second kappa shape index (κ2) is 5.96. The molecule has 0 saturated carbocycles. The Hall–Kier alpha value is -1.31. The van der Waals surface area contributed by atoms with Crippen LogP contribution in [-0.4, -0.2) is 51.6 Å². The maximum atomic E-state index is 11.7. The highest BCUT2D eigenvalue weighted by molar-refractivity contribution is 7.87. The summed E-state index contributed by atoms with van der Waals surface area (Å²) < 4.78 is 40.0. The van der Waals surface area contributed by atoms with E-state index in [0.29, 0.717) is 19.0 Å². The fourth-order valence-corrected chi connectivity index (χ4v) is 3.63. The van der Waals surface area contributed by atoms with Crippen LogP contribution < -0.4 is 8.92 Å². The van der Waals surface area contributed by atoms with Crippen LogP contribution in [0.3, 0.4) is 0 Å². The fourth-order valence-electron chi connectivity index (χ4n) is 3.12. The van der Waals surface area contributed by atoms with Crippen molar-refractivity contribution in [2.75, 3.05) is 32.1 Å². The Bertz CT molecular complexity index is 680. The van der Waals surface area contributed by atoms with Crippen LogP contribution in [0.15, 0.2) is 18.2 Å². The van der Waals surface area contributed by atoms with Gasteiger partial charge in [0.25, 0.3) is 0 Å². The highest BCUT2D eigenvalue weighted by atomic mass is 32.2. The van der Waals surface area contributed by atoms with Crippen LogP contribution >= 0.6 is 0 Å². The lowest BCUT2D eigenvalue weighted by atomic mass is 9.83. The minimum Gasteiger partial charge on any atom is -0.474 e. The van der Waals surface area contributed by atoms with Crippen molar-refractivity contribution < 1.29 is 22.1 Å². The molecular weight excluding hydrogens is 318 g/mol. The smallest absolute Gasteiger partial charge is 0.308 e. The minimum atomic E-state index is -3.53. The molecule has 0 aliphatic carbocycles. The number of benzene rings is 1. The monoisotopic (exact) mass is 341 g/mol. The molecule has 1 unspecified atom stereocenters. The highest BCUT2D eigenvalue weighted by Crippen LogP contribution is 2.45. The molecule has 23 heavy (non-hydrogen) atoms. The molecule has 0 radical (unpaired) electrons. The van der Waals surface area contributed by atoms with Gasteiger partial charge < -0.3 is 13.7 Å². The topological polar surface area (TPSA) is 65.1 Å². The van der Waals surface area contributed by atoms with Crippen LogP contribution in [0.4, 0.5) is 0 Å². The third-order valence-electron chi connectivity index (χ3n) is 4.46. The lowest BCUT2D eigenvalue weighted by Gasteiger charge is -2.38. The molecule has 0 spiro atoms. The van der Waals surface area contributed by atoms with Gasteiger partial charge in [0.05, 0.1) is 19.0 Å². The van der Waals surface area contributed by atoms with Crippen molar-refractivity contribution in [1.82, 2.24) is 4.90 Å². The Morgan fingerprint density at radius 3 is 2.65 bits per heavy atom. The Kier molecular flexibility index (Phi) is 4.29. The van der Waals surface area contributed by atoms with Gasteiger partial charge in [-0.25, -0.2) is 0 Å². The predicted octanol–water partition coefficient (Wildman–Crippen LogP) is 1.74. The zero-order valence-corrected chi connectivity index (χ0v) is 14.6. The molecular formula is C16H23NO5S. The average molecular weight is 341 g/mol. The van der Waals surface area contributed by atoms with Crippen molar-refractivity contribution in [3.63, 3.8) is 0 Å². The Balaban J connectivity index is 1.87. The first kappa shape index (κ1) is 16.5. The number of ether oxygens (including phenoxy) is 2. The lowest BCUT2D eigenvalue weighted by Crippen LogP contribution is -2.52. The van der Waals surface area contributed by atoms with Crippen LogP contribution in [0.5, 0.6) is 11.5 Å². The van der Waals surface area contributed by atoms with Gasteiger partial charge >= 0.3 is 10.1 Å². The summed E-state index contributed by atoms with van der Waals surface area (Å²) in [5.41, 5.74) is 0.708. The SMILES string of the molecule is CCS(=O)(=O)Oc1ccc2c(c1)C(C)(C)C(N1CCOCC1)O2. The summed E-state index contributed by atoms with van der Waals surface area (Å²) in [4.78, 5) is 2.27. The molecule has 7 heteroatoms. The third-order valence-corrected chi connectivity index (χ3v) is 5.61. The number of hydrogen-bond acceptors (Lipinski definition) is 6. The summed E-state index contributed by atoms with van der Waals surface area (Å²) in [6.45, 7) is 8.84. The summed E-state index contributed by atoms with van der Waals surface area (Å²) in [5.74, 6) is 1.07. The van der Waals surface area contributed by atoms with E-state index in [1.807, 2.05) is 0 Å². The quantitative estimate of drug-likeness (QED) is 0.778. The Morgan fingerprint density at radius 1 is 1.30 bits per heavy atom. The van der Waals surface area contributed by atoms with Crippen molar-refractivity contribution in [3.8, 4) is 11.5 Å². The van der Waals surface area contributed by atoms with E-state index in [4.69, 9.17) is 13.7 Å². The van der Waals surface area contributed by atoms with Crippen molar-refractivity contribution in [2.24, 2.45) is 0 Å². The first-order chi connectivity index (χ1) is 10.8. The molecule has 0 bridgehead atoms. The molecule has 1 saturated heterocycles. The van der Waals surface area contributed by atoms with Gasteiger partial charge in [0.15, 0.2) is 6.23 Å². The molecule has 128 valence electrons. The molecule has 3 rings (SSSR count). The molecule has 1 aromatic rings. The largest absolute Gasteiger partial charge is 0.474 e. The third kappa shape index (κ3) is 3.18. The summed E-state index contributed by atoms with van der Waals surface area (Å²) in [6.07, 6.45) is -0.0839. The molecule has 2 aliphatic rings. The van der Waals surface area contributed by atoms with Crippen molar-refractivity contribution in [1.29, 1.82) is 0 Å². The number of morpholine rings is 1. The van der Waals surface area contributed by atoms with E-state index in [1.54, 1.807) is 25.1 Å². The lowest BCUT2D eigenvalue weighted by molar-refractivity contribution is -0.0612. The molecule has 6 nitrogen and oxygen atoms in total. The molecule has 0 amide bonds. The van der Waals surface area contributed by atoms with E-state index >= 15 is 0 Å². The van der Waals surface area contributed by atoms with Crippen LogP contribution in [0.1, 0.15) is 26.3 Å². The van der Waals surface area contributed by atoms with Gasteiger partial charge in [0.1, 0.15) is 11.5 Å². The van der Waals surface area contributed by atoms with Crippen LogP contribution in [0.25, 0.3) is 0 Å². The Labute approximate surface area is 137 Å². The van der Waals surface area contributed by atoms with Gasteiger partial charge in [-0.2, -0.15) is 8.42 Å². The number of rotatable bonds is 4. The molecule has 0 N–H and O–H groups in total. The first-order valence-corrected chi connectivity index (χ1v) is 9.46. The summed E-state index contributed by atoms with van der Waals surface area (Å²) >= 11 is 0. The number of nitrogens with zero attached hydrogens (tertiary/aromatic N) is 1. The van der Waals surface area contributed by atoms with Crippen LogP contribution in [0.2, 0.25) is 0 Å². The van der Waals surface area contributed by atoms with E-state index in [2.05, 4.69) is 18.7 Å². The van der Waals surface area contributed by atoms with E-state index in [9.17, 15) is 8.42 Å². The second-order valence-corrected chi connectivity index (χ2v) is 8.29. The molecule has 1 aromatic carbocycles. The van der Waals surface area contributed by atoms with Gasteiger partial charge in [-0.15, -0.1) is 0 Å².